The Bertz CT molecular complexity index is 1760. The van der Waals surface area contributed by atoms with Crippen molar-refractivity contribution in [2.45, 2.75) is 18.3 Å². The highest BCUT2D eigenvalue weighted by atomic mass is 79.9. The molecule has 0 radical (unpaired) electrons. The molecule has 0 heterocycles. The zero-order chi connectivity index (χ0) is 22.4. The summed E-state index contributed by atoms with van der Waals surface area (Å²) in [7, 11) is 0. The van der Waals surface area contributed by atoms with Gasteiger partial charge in [0.2, 0.25) is 0 Å². The van der Waals surface area contributed by atoms with Crippen LogP contribution in [0.4, 0.5) is 0 Å². The highest BCUT2D eigenvalue weighted by molar-refractivity contribution is 9.10. The van der Waals surface area contributed by atoms with E-state index in [-0.39, 0.29) is 5.41 Å². The van der Waals surface area contributed by atoms with Crippen molar-refractivity contribution in [1.82, 2.24) is 0 Å². The van der Waals surface area contributed by atoms with Crippen molar-refractivity contribution in [2.24, 2.45) is 0 Å². The zero-order valence-electron chi connectivity index (χ0n) is 18.6. The summed E-state index contributed by atoms with van der Waals surface area (Å²) in [6.45, 7) is 0. The highest BCUT2D eigenvalue weighted by Gasteiger charge is 2.50. The van der Waals surface area contributed by atoms with E-state index in [0.717, 1.165) is 0 Å². The maximum Gasteiger partial charge on any atom is 0.0332 e. The number of benzene rings is 6. The molecule has 0 bridgehead atoms. The lowest BCUT2D eigenvalue weighted by Crippen LogP contribution is -2.15. The molecule has 34 heavy (non-hydrogen) atoms. The van der Waals surface area contributed by atoms with Crippen LogP contribution in [-0.2, 0) is 5.41 Å². The molecule has 0 unspecified atom stereocenters. The Balaban J connectivity index is 1.57. The molecule has 1 fully saturated rings. The fourth-order valence-corrected chi connectivity index (χ4v) is 7.25. The van der Waals surface area contributed by atoms with Gasteiger partial charge in [-0.05, 0) is 94.5 Å². The van der Waals surface area contributed by atoms with Crippen LogP contribution in [0.3, 0.4) is 0 Å². The lowest BCUT2D eigenvalue weighted by molar-refractivity contribution is 0.853. The molecule has 1 saturated carbocycles. The Hall–Kier alpha value is -3.42. The topological polar surface area (TPSA) is 0 Å². The summed E-state index contributed by atoms with van der Waals surface area (Å²) >= 11 is 3.92. The Morgan fingerprint density at radius 3 is 1.74 bits per heavy atom. The van der Waals surface area contributed by atoms with E-state index >= 15 is 0 Å². The normalized spacial score (nSPS) is 15.2. The van der Waals surface area contributed by atoms with E-state index in [4.69, 9.17) is 0 Å². The Labute approximate surface area is 207 Å². The van der Waals surface area contributed by atoms with E-state index in [1.54, 1.807) is 0 Å². The Morgan fingerprint density at radius 1 is 0.471 bits per heavy atom. The van der Waals surface area contributed by atoms with Crippen molar-refractivity contribution in [3.8, 4) is 22.3 Å². The lowest BCUT2D eigenvalue weighted by atomic mass is 9.73. The molecule has 0 nitrogen and oxygen atoms in total. The van der Waals surface area contributed by atoms with E-state index < -0.39 is 0 Å². The van der Waals surface area contributed by atoms with Crippen LogP contribution in [-0.4, -0.2) is 0 Å². The average Bonchev–Trinajstić information content (AvgIpc) is 3.70. The second-order valence-corrected chi connectivity index (χ2v) is 10.6. The first-order valence-electron chi connectivity index (χ1n) is 12.0. The average molecular weight is 497 g/mol. The molecule has 0 amide bonds. The van der Waals surface area contributed by atoms with Gasteiger partial charge in [0.05, 0.1) is 0 Å². The minimum absolute atomic E-state index is 0.200. The SMILES string of the molecule is Brc1c2ccccc2c(-c2ccc3c4c(cccc24)C2(CC2)c2ccccc2-3)c2ccccc12. The molecule has 160 valence electrons. The van der Waals surface area contributed by atoms with Crippen molar-refractivity contribution in [3.63, 3.8) is 0 Å². The first-order valence-corrected chi connectivity index (χ1v) is 12.8. The molecular formula is C33H21Br. The van der Waals surface area contributed by atoms with Crippen molar-refractivity contribution in [1.29, 1.82) is 0 Å². The van der Waals surface area contributed by atoms with E-state index in [1.165, 1.54) is 83.0 Å². The van der Waals surface area contributed by atoms with Gasteiger partial charge in [0, 0.05) is 9.89 Å². The molecule has 0 aliphatic heterocycles. The minimum Gasteiger partial charge on any atom is -0.0619 e. The van der Waals surface area contributed by atoms with Crippen LogP contribution in [0.2, 0.25) is 0 Å². The lowest BCUT2D eigenvalue weighted by Gasteiger charge is -2.30. The van der Waals surface area contributed by atoms with E-state index in [0.29, 0.717) is 0 Å². The van der Waals surface area contributed by atoms with Crippen molar-refractivity contribution in [3.05, 3.63) is 119 Å². The Kier molecular flexibility index (Phi) is 3.67. The van der Waals surface area contributed by atoms with Gasteiger partial charge in [-0.3, -0.25) is 0 Å². The van der Waals surface area contributed by atoms with E-state index in [1.807, 2.05) is 0 Å². The van der Waals surface area contributed by atoms with Crippen molar-refractivity contribution < 1.29 is 0 Å². The summed E-state index contributed by atoms with van der Waals surface area (Å²) in [5, 5.41) is 7.94. The smallest absolute Gasteiger partial charge is 0.0332 e. The molecule has 0 aromatic heterocycles. The largest absolute Gasteiger partial charge is 0.0619 e. The van der Waals surface area contributed by atoms with Gasteiger partial charge in [0.15, 0.2) is 0 Å². The quantitative estimate of drug-likeness (QED) is 0.198. The maximum absolute atomic E-state index is 3.92. The zero-order valence-corrected chi connectivity index (χ0v) is 20.2. The molecule has 8 rings (SSSR count). The molecule has 6 aromatic rings. The summed E-state index contributed by atoms with van der Waals surface area (Å²) < 4.78 is 1.18. The van der Waals surface area contributed by atoms with Crippen LogP contribution >= 0.6 is 15.9 Å². The summed E-state index contributed by atoms with van der Waals surface area (Å²) in [4.78, 5) is 0. The third-order valence-corrected chi connectivity index (χ3v) is 9.03. The molecule has 0 N–H and O–H groups in total. The standard InChI is InChI=1S/C33H21Br/c34-32-26-11-3-1-9-22(26)30(23-10-2-4-12-27(23)32)25-17-16-24-20-8-5-6-14-28(20)33(18-19-33)29-15-7-13-21(25)31(24)29/h1-17H,18-19H2. The number of fused-ring (bicyclic) bond motifs is 6. The molecule has 0 saturated heterocycles. The molecular weight excluding hydrogens is 476 g/mol. The summed E-state index contributed by atoms with van der Waals surface area (Å²) in [6.07, 6.45) is 2.49. The second-order valence-electron chi connectivity index (χ2n) is 9.80. The van der Waals surface area contributed by atoms with E-state index in [2.05, 4.69) is 119 Å². The molecule has 0 atom stereocenters. The molecule has 1 heteroatoms. The van der Waals surface area contributed by atoms with Crippen LogP contribution in [0.1, 0.15) is 24.0 Å². The van der Waals surface area contributed by atoms with Crippen LogP contribution < -0.4 is 0 Å². The van der Waals surface area contributed by atoms with Crippen molar-refractivity contribution >= 4 is 48.2 Å². The number of halogens is 1. The number of hydrogen-bond acceptors (Lipinski definition) is 0. The highest BCUT2D eigenvalue weighted by Crippen LogP contribution is 2.61. The summed E-state index contributed by atoms with van der Waals surface area (Å²) in [5.41, 5.74) is 8.70. The number of rotatable bonds is 1. The van der Waals surface area contributed by atoms with Crippen LogP contribution in [0.15, 0.2) is 108 Å². The predicted molar refractivity (Wildman–Crippen MR) is 148 cm³/mol. The predicted octanol–water partition coefficient (Wildman–Crippen LogP) is 9.64. The number of hydrogen-bond donors (Lipinski definition) is 0. The van der Waals surface area contributed by atoms with Gasteiger partial charge in [0.1, 0.15) is 0 Å². The van der Waals surface area contributed by atoms with Crippen molar-refractivity contribution in [2.75, 3.05) is 0 Å². The van der Waals surface area contributed by atoms with Gasteiger partial charge in [-0.1, -0.05) is 103 Å². The van der Waals surface area contributed by atoms with Gasteiger partial charge >= 0.3 is 0 Å². The molecule has 2 aliphatic rings. The molecule has 2 aliphatic carbocycles. The van der Waals surface area contributed by atoms with Gasteiger partial charge in [-0.15, -0.1) is 0 Å². The molecule has 1 spiro atoms. The summed E-state index contributed by atoms with van der Waals surface area (Å²) in [5.74, 6) is 0. The second kappa shape index (κ2) is 6.58. The minimum atomic E-state index is 0.200. The van der Waals surface area contributed by atoms with Crippen LogP contribution in [0.25, 0.3) is 54.6 Å². The maximum atomic E-state index is 3.92. The monoisotopic (exact) mass is 496 g/mol. The van der Waals surface area contributed by atoms with E-state index in [9.17, 15) is 0 Å². The Morgan fingerprint density at radius 2 is 1.03 bits per heavy atom. The van der Waals surface area contributed by atoms with Crippen LogP contribution in [0, 0.1) is 0 Å². The fraction of sp³-hybridized carbons (Fsp3) is 0.0909. The first kappa shape index (κ1) is 18.9. The third-order valence-electron chi connectivity index (χ3n) is 8.17. The van der Waals surface area contributed by atoms with Gasteiger partial charge in [-0.2, -0.15) is 0 Å². The van der Waals surface area contributed by atoms with Gasteiger partial charge < -0.3 is 0 Å². The third kappa shape index (κ3) is 2.28. The van der Waals surface area contributed by atoms with Gasteiger partial charge in [-0.25, -0.2) is 0 Å². The molecule has 6 aromatic carbocycles. The fourth-order valence-electron chi connectivity index (χ4n) is 6.56. The van der Waals surface area contributed by atoms with Crippen LogP contribution in [0.5, 0.6) is 0 Å². The first-order chi connectivity index (χ1) is 16.8. The van der Waals surface area contributed by atoms with Gasteiger partial charge in [0.25, 0.3) is 0 Å². The summed E-state index contributed by atoms with van der Waals surface area (Å²) in [6, 6.07) is 38.4.